The van der Waals surface area contributed by atoms with Crippen LogP contribution in [0.2, 0.25) is 0 Å². The summed E-state index contributed by atoms with van der Waals surface area (Å²) < 4.78 is 5.69. The molecule has 3 rings (SSSR count). The second-order valence-corrected chi connectivity index (χ2v) is 6.49. The number of imide groups is 1. The van der Waals surface area contributed by atoms with Crippen molar-refractivity contribution < 1.29 is 14.3 Å². The summed E-state index contributed by atoms with van der Waals surface area (Å²) in [7, 11) is 0. The predicted octanol–water partition coefficient (Wildman–Crippen LogP) is 1.72. The van der Waals surface area contributed by atoms with Crippen molar-refractivity contribution in [2.24, 2.45) is 10.9 Å². The summed E-state index contributed by atoms with van der Waals surface area (Å²) in [6, 6.07) is 12.8. The normalized spacial score (nSPS) is 17.4. The molecule has 1 aromatic carbocycles. The molecule has 1 aliphatic heterocycles. The highest BCUT2D eigenvalue weighted by molar-refractivity contribution is 8.15. The van der Waals surface area contributed by atoms with Gasteiger partial charge in [0.05, 0.1) is 10.9 Å². The summed E-state index contributed by atoms with van der Waals surface area (Å²) in [5.74, 6) is 5.82. The van der Waals surface area contributed by atoms with Gasteiger partial charge in [-0.25, -0.2) is 0 Å². The predicted molar refractivity (Wildman–Crippen MR) is 95.5 cm³/mol. The van der Waals surface area contributed by atoms with Crippen molar-refractivity contribution in [3.8, 4) is 5.75 Å². The van der Waals surface area contributed by atoms with Crippen molar-refractivity contribution in [3.63, 3.8) is 0 Å². The van der Waals surface area contributed by atoms with Gasteiger partial charge in [-0.15, -0.1) is 0 Å². The lowest BCUT2D eigenvalue weighted by molar-refractivity contribution is -0.118. The van der Waals surface area contributed by atoms with Gasteiger partial charge in [-0.3, -0.25) is 19.9 Å². The average Bonchev–Trinajstić information content (AvgIpc) is 2.95. The van der Waals surface area contributed by atoms with Crippen LogP contribution in [-0.4, -0.2) is 33.7 Å². The molecular weight excluding hydrogens is 340 g/mol. The number of ether oxygens (including phenoxy) is 1. The van der Waals surface area contributed by atoms with Gasteiger partial charge in [-0.05, 0) is 36.2 Å². The van der Waals surface area contributed by atoms with E-state index in [2.05, 4.69) is 15.4 Å². The summed E-state index contributed by atoms with van der Waals surface area (Å²) in [6.45, 7) is 0.197. The quantitative estimate of drug-likeness (QED) is 0.464. The third kappa shape index (κ3) is 4.36. The molecule has 128 valence electrons. The molecule has 2 heterocycles. The fourth-order valence-electron chi connectivity index (χ4n) is 2.33. The highest BCUT2D eigenvalue weighted by Gasteiger charge is 2.31. The fourth-order valence-corrected chi connectivity index (χ4v) is 3.19. The molecular formula is C17H16N4O3S. The molecule has 0 bridgehead atoms. The van der Waals surface area contributed by atoms with E-state index in [1.165, 1.54) is 0 Å². The van der Waals surface area contributed by atoms with Crippen LogP contribution in [0.5, 0.6) is 5.75 Å². The van der Waals surface area contributed by atoms with Crippen molar-refractivity contribution in [1.29, 1.82) is 0 Å². The third-order valence-corrected chi connectivity index (χ3v) is 4.58. The van der Waals surface area contributed by atoms with Gasteiger partial charge in [0.25, 0.3) is 5.24 Å². The number of hydrogen-bond donors (Lipinski definition) is 2. The Morgan fingerprint density at radius 2 is 2.04 bits per heavy atom. The Morgan fingerprint density at radius 3 is 2.64 bits per heavy atom. The molecule has 1 unspecified atom stereocenters. The van der Waals surface area contributed by atoms with Crippen molar-refractivity contribution >= 4 is 28.6 Å². The molecule has 25 heavy (non-hydrogen) atoms. The second-order valence-electron chi connectivity index (χ2n) is 5.31. The number of nitrogens with zero attached hydrogens (tertiary/aromatic N) is 2. The van der Waals surface area contributed by atoms with Gasteiger partial charge in [0.2, 0.25) is 5.91 Å². The Bertz CT molecular complexity index is 793. The SMILES string of the molecule is N/N=C(\COc1ccc(CC2SC(=O)NC2=O)cc1)c1ccccn1. The van der Waals surface area contributed by atoms with E-state index in [1.54, 1.807) is 18.3 Å². The first-order valence-electron chi connectivity index (χ1n) is 7.57. The van der Waals surface area contributed by atoms with Crippen molar-refractivity contribution in [2.45, 2.75) is 11.7 Å². The minimum Gasteiger partial charge on any atom is -0.487 e. The minimum atomic E-state index is -0.376. The number of amides is 2. The summed E-state index contributed by atoms with van der Waals surface area (Å²) in [5.41, 5.74) is 2.16. The molecule has 1 saturated heterocycles. The van der Waals surface area contributed by atoms with Gasteiger partial charge in [0.1, 0.15) is 18.1 Å². The summed E-state index contributed by atoms with van der Waals surface area (Å²) in [4.78, 5) is 27.0. The monoisotopic (exact) mass is 356 g/mol. The topological polar surface area (TPSA) is 107 Å². The van der Waals surface area contributed by atoms with Crippen LogP contribution < -0.4 is 15.9 Å². The number of nitrogens with one attached hydrogen (secondary N) is 1. The number of carbonyl (C=O) groups is 2. The van der Waals surface area contributed by atoms with Crippen LogP contribution in [0.25, 0.3) is 0 Å². The maximum absolute atomic E-state index is 11.6. The van der Waals surface area contributed by atoms with Crippen molar-refractivity contribution in [1.82, 2.24) is 10.3 Å². The van der Waals surface area contributed by atoms with Crippen LogP contribution in [0.15, 0.2) is 53.8 Å². The zero-order valence-electron chi connectivity index (χ0n) is 13.2. The van der Waals surface area contributed by atoms with E-state index in [1.807, 2.05) is 30.3 Å². The van der Waals surface area contributed by atoms with Crippen LogP contribution in [0.4, 0.5) is 4.79 Å². The molecule has 0 radical (unpaired) electrons. The molecule has 8 heteroatoms. The number of aromatic nitrogens is 1. The zero-order chi connectivity index (χ0) is 17.6. The summed E-state index contributed by atoms with van der Waals surface area (Å²) >= 11 is 1.02. The molecule has 2 amide bonds. The molecule has 3 N–H and O–H groups in total. The maximum Gasteiger partial charge on any atom is 0.286 e. The number of carbonyl (C=O) groups excluding carboxylic acids is 2. The van der Waals surface area contributed by atoms with E-state index < -0.39 is 0 Å². The highest BCUT2D eigenvalue weighted by Crippen LogP contribution is 2.23. The molecule has 0 spiro atoms. The molecule has 1 fully saturated rings. The molecule has 1 atom stereocenters. The van der Waals surface area contributed by atoms with E-state index in [0.29, 0.717) is 23.6 Å². The Labute approximate surface area is 148 Å². The van der Waals surface area contributed by atoms with Crippen LogP contribution in [0, 0.1) is 0 Å². The summed E-state index contributed by atoms with van der Waals surface area (Å²) in [5, 5.41) is 5.34. The number of benzene rings is 1. The number of nitrogens with two attached hydrogens (primary N) is 1. The Morgan fingerprint density at radius 1 is 1.24 bits per heavy atom. The first-order valence-corrected chi connectivity index (χ1v) is 8.45. The van der Waals surface area contributed by atoms with E-state index in [0.717, 1.165) is 17.3 Å². The van der Waals surface area contributed by atoms with Crippen molar-refractivity contribution in [3.05, 3.63) is 59.9 Å². The number of pyridine rings is 1. The van der Waals surface area contributed by atoms with Crippen LogP contribution in [0.3, 0.4) is 0 Å². The first-order chi connectivity index (χ1) is 12.2. The molecule has 2 aromatic rings. The minimum absolute atomic E-state index is 0.197. The average molecular weight is 356 g/mol. The number of hydrazone groups is 1. The third-order valence-electron chi connectivity index (χ3n) is 3.60. The van der Waals surface area contributed by atoms with Gasteiger partial charge in [0, 0.05) is 6.20 Å². The fraction of sp³-hybridized carbons (Fsp3) is 0.176. The lowest BCUT2D eigenvalue weighted by Crippen LogP contribution is -2.25. The smallest absolute Gasteiger partial charge is 0.286 e. The molecule has 7 nitrogen and oxygen atoms in total. The van der Waals surface area contributed by atoms with Gasteiger partial charge in [0.15, 0.2) is 0 Å². The maximum atomic E-state index is 11.6. The van der Waals surface area contributed by atoms with Crippen LogP contribution in [0.1, 0.15) is 11.3 Å². The van der Waals surface area contributed by atoms with E-state index in [-0.39, 0.29) is 23.0 Å². The second kappa shape index (κ2) is 7.80. The lowest BCUT2D eigenvalue weighted by Gasteiger charge is -2.09. The molecule has 0 saturated carbocycles. The van der Waals surface area contributed by atoms with Crippen LogP contribution in [-0.2, 0) is 11.2 Å². The molecule has 0 aliphatic carbocycles. The number of thioether (sulfide) groups is 1. The number of hydrogen-bond acceptors (Lipinski definition) is 7. The van der Waals surface area contributed by atoms with Gasteiger partial charge >= 0.3 is 0 Å². The van der Waals surface area contributed by atoms with E-state index in [9.17, 15) is 9.59 Å². The molecule has 1 aliphatic rings. The molecule has 1 aromatic heterocycles. The Kier molecular flexibility index (Phi) is 5.30. The van der Waals surface area contributed by atoms with Gasteiger partial charge in [-0.2, -0.15) is 5.10 Å². The van der Waals surface area contributed by atoms with Crippen LogP contribution >= 0.6 is 11.8 Å². The Hall–Kier alpha value is -2.87. The zero-order valence-corrected chi connectivity index (χ0v) is 14.0. The Balaban J connectivity index is 1.57. The van der Waals surface area contributed by atoms with Gasteiger partial charge in [-0.1, -0.05) is 30.0 Å². The van der Waals surface area contributed by atoms with Gasteiger partial charge < -0.3 is 10.6 Å². The largest absolute Gasteiger partial charge is 0.487 e. The lowest BCUT2D eigenvalue weighted by atomic mass is 10.1. The standard InChI is InChI=1S/C17H16N4O3S/c18-21-14(13-3-1-2-8-19-13)10-24-12-6-4-11(5-7-12)9-15-16(22)20-17(23)25-15/h1-8,15H,9-10,18H2,(H,20,22,23)/b21-14+. The summed E-state index contributed by atoms with van der Waals surface area (Å²) in [6.07, 6.45) is 2.16. The number of rotatable bonds is 6. The highest BCUT2D eigenvalue weighted by atomic mass is 32.2. The van der Waals surface area contributed by atoms with E-state index in [4.69, 9.17) is 10.6 Å². The van der Waals surface area contributed by atoms with E-state index >= 15 is 0 Å². The first kappa shape index (κ1) is 17.0. The van der Waals surface area contributed by atoms with Crippen molar-refractivity contribution in [2.75, 3.05) is 6.61 Å².